The predicted molar refractivity (Wildman–Crippen MR) is 66.6 cm³/mol. The second kappa shape index (κ2) is 7.65. The first kappa shape index (κ1) is 15.4. The molecule has 94 valence electrons. The molecular weight excluding hydrogens is 274 g/mol. The summed E-state index contributed by atoms with van der Waals surface area (Å²) < 4.78 is 0. The average molecular weight is 294 g/mol. The van der Waals surface area contributed by atoms with Crippen molar-refractivity contribution in [1.29, 1.82) is 0 Å². The Morgan fingerprint density at radius 2 is 1.94 bits per heavy atom. The van der Waals surface area contributed by atoms with Crippen molar-refractivity contribution in [3.63, 3.8) is 0 Å². The molecule has 4 nitrogen and oxygen atoms in total. The number of amides is 1. The molecule has 5 heteroatoms. The van der Waals surface area contributed by atoms with E-state index >= 15 is 0 Å². The molecule has 2 unspecified atom stereocenters. The summed E-state index contributed by atoms with van der Waals surface area (Å²) in [5, 5.41) is 11.7. The van der Waals surface area contributed by atoms with Crippen molar-refractivity contribution in [2.24, 2.45) is 11.8 Å². The van der Waals surface area contributed by atoms with Gasteiger partial charge in [0.15, 0.2) is 0 Å². The van der Waals surface area contributed by atoms with Crippen molar-refractivity contribution in [3.8, 4) is 0 Å². The Hall–Kier alpha value is -0.580. The lowest BCUT2D eigenvalue weighted by Crippen LogP contribution is -2.32. The standard InChI is InChI=1S/C11H20BrNO3/c1-4-8(11(15)16)9(12)5-6-13-10(14)7(2)3/h7-9H,4-6H2,1-3H3,(H,13,14)(H,15,16). The van der Waals surface area contributed by atoms with Crippen LogP contribution in [0.25, 0.3) is 0 Å². The fourth-order valence-corrected chi connectivity index (χ4v) is 2.15. The van der Waals surface area contributed by atoms with Crippen molar-refractivity contribution in [2.75, 3.05) is 6.54 Å². The zero-order chi connectivity index (χ0) is 12.7. The van der Waals surface area contributed by atoms with Crippen molar-refractivity contribution in [3.05, 3.63) is 0 Å². The molecule has 0 saturated carbocycles. The molecule has 0 aromatic rings. The summed E-state index contributed by atoms with van der Waals surface area (Å²) in [6.07, 6.45) is 1.21. The largest absolute Gasteiger partial charge is 0.481 e. The molecule has 0 aliphatic heterocycles. The van der Waals surface area contributed by atoms with Crippen LogP contribution in [0.4, 0.5) is 0 Å². The van der Waals surface area contributed by atoms with Crippen LogP contribution in [-0.4, -0.2) is 28.4 Å². The maximum atomic E-state index is 11.3. The quantitative estimate of drug-likeness (QED) is 0.706. The number of carboxylic acid groups (broad SMARTS) is 1. The number of carbonyl (C=O) groups is 2. The van der Waals surface area contributed by atoms with Gasteiger partial charge in [0.05, 0.1) is 5.92 Å². The van der Waals surface area contributed by atoms with Gasteiger partial charge in [-0.25, -0.2) is 0 Å². The third-order valence-electron chi connectivity index (χ3n) is 2.44. The van der Waals surface area contributed by atoms with Gasteiger partial charge in [-0.3, -0.25) is 9.59 Å². The van der Waals surface area contributed by atoms with Crippen molar-refractivity contribution >= 4 is 27.8 Å². The van der Waals surface area contributed by atoms with Gasteiger partial charge >= 0.3 is 5.97 Å². The first-order valence-corrected chi connectivity index (χ1v) is 6.46. The van der Waals surface area contributed by atoms with Gasteiger partial charge in [-0.2, -0.15) is 0 Å². The van der Waals surface area contributed by atoms with Crippen LogP contribution in [0.3, 0.4) is 0 Å². The zero-order valence-electron chi connectivity index (χ0n) is 10.00. The first-order valence-electron chi connectivity index (χ1n) is 5.54. The third-order valence-corrected chi connectivity index (χ3v) is 3.53. The number of alkyl halides is 1. The van der Waals surface area contributed by atoms with Crippen LogP contribution >= 0.6 is 15.9 Å². The summed E-state index contributed by atoms with van der Waals surface area (Å²) in [5.41, 5.74) is 0. The van der Waals surface area contributed by atoms with Crippen LogP contribution in [0.15, 0.2) is 0 Å². The third kappa shape index (κ3) is 5.49. The summed E-state index contributed by atoms with van der Waals surface area (Å²) in [6, 6.07) is 0. The van der Waals surface area contributed by atoms with Gasteiger partial charge in [0.1, 0.15) is 0 Å². The van der Waals surface area contributed by atoms with E-state index in [-0.39, 0.29) is 16.7 Å². The number of hydrogen-bond acceptors (Lipinski definition) is 2. The fraction of sp³-hybridized carbons (Fsp3) is 0.818. The smallest absolute Gasteiger partial charge is 0.307 e. The van der Waals surface area contributed by atoms with E-state index in [4.69, 9.17) is 5.11 Å². The molecule has 0 aliphatic carbocycles. The number of halogens is 1. The minimum absolute atomic E-state index is 0.00285. The Morgan fingerprint density at radius 3 is 2.31 bits per heavy atom. The normalized spacial score (nSPS) is 14.6. The van der Waals surface area contributed by atoms with Crippen molar-refractivity contribution < 1.29 is 14.7 Å². The first-order chi connectivity index (χ1) is 7.40. The monoisotopic (exact) mass is 293 g/mol. The summed E-state index contributed by atoms with van der Waals surface area (Å²) in [6.45, 7) is 6.01. The molecule has 0 aliphatic rings. The van der Waals surface area contributed by atoms with E-state index in [1.807, 2.05) is 20.8 Å². The lowest BCUT2D eigenvalue weighted by Gasteiger charge is -2.17. The van der Waals surface area contributed by atoms with E-state index in [1.165, 1.54) is 0 Å². The molecule has 0 aromatic carbocycles. The molecule has 0 bridgehead atoms. The van der Waals surface area contributed by atoms with Crippen LogP contribution in [-0.2, 0) is 9.59 Å². The van der Waals surface area contributed by atoms with Gasteiger partial charge in [-0.1, -0.05) is 36.7 Å². The molecule has 0 heterocycles. The second-order valence-electron chi connectivity index (χ2n) is 4.10. The van der Waals surface area contributed by atoms with Gasteiger partial charge in [0.25, 0.3) is 0 Å². The van der Waals surface area contributed by atoms with Crippen molar-refractivity contribution in [2.45, 2.75) is 38.4 Å². The molecule has 0 spiro atoms. The molecule has 0 saturated heterocycles. The van der Waals surface area contributed by atoms with Crippen LogP contribution < -0.4 is 5.32 Å². The Labute approximate surface area is 105 Å². The van der Waals surface area contributed by atoms with E-state index in [1.54, 1.807) is 0 Å². The lowest BCUT2D eigenvalue weighted by molar-refractivity contribution is -0.141. The molecule has 2 atom stereocenters. The van der Waals surface area contributed by atoms with Crippen LogP contribution in [0, 0.1) is 11.8 Å². The topological polar surface area (TPSA) is 66.4 Å². The number of carboxylic acids is 1. The number of aliphatic carboxylic acids is 1. The Bertz CT molecular complexity index is 243. The summed E-state index contributed by atoms with van der Waals surface area (Å²) in [5.74, 6) is -1.21. The van der Waals surface area contributed by atoms with Crippen molar-refractivity contribution in [1.82, 2.24) is 5.32 Å². The second-order valence-corrected chi connectivity index (χ2v) is 5.28. The fourth-order valence-electron chi connectivity index (χ4n) is 1.32. The van der Waals surface area contributed by atoms with Gasteiger partial charge in [-0.05, 0) is 12.8 Å². The lowest BCUT2D eigenvalue weighted by atomic mass is 10.0. The highest BCUT2D eigenvalue weighted by Gasteiger charge is 2.23. The number of rotatable bonds is 7. The Balaban J connectivity index is 3.93. The number of nitrogens with one attached hydrogen (secondary N) is 1. The van der Waals surface area contributed by atoms with E-state index in [0.717, 1.165) is 0 Å². The van der Waals surface area contributed by atoms with E-state index in [2.05, 4.69) is 21.2 Å². The average Bonchev–Trinajstić information content (AvgIpc) is 2.17. The molecule has 0 rings (SSSR count). The SMILES string of the molecule is CCC(C(=O)O)C(Br)CCNC(=O)C(C)C. The minimum Gasteiger partial charge on any atom is -0.481 e. The molecule has 1 amide bonds. The highest BCUT2D eigenvalue weighted by atomic mass is 79.9. The van der Waals surface area contributed by atoms with Gasteiger partial charge in [0, 0.05) is 17.3 Å². The molecular formula is C11H20BrNO3. The van der Waals surface area contributed by atoms with E-state index in [0.29, 0.717) is 19.4 Å². The number of hydrogen-bond donors (Lipinski definition) is 2. The minimum atomic E-state index is -0.792. The predicted octanol–water partition coefficient (Wildman–Crippen LogP) is 2.02. The highest BCUT2D eigenvalue weighted by Crippen LogP contribution is 2.19. The zero-order valence-corrected chi connectivity index (χ0v) is 11.6. The van der Waals surface area contributed by atoms with Crippen LogP contribution in [0.2, 0.25) is 0 Å². The van der Waals surface area contributed by atoms with Gasteiger partial charge in [-0.15, -0.1) is 0 Å². The molecule has 0 fully saturated rings. The van der Waals surface area contributed by atoms with Crippen LogP contribution in [0.5, 0.6) is 0 Å². The van der Waals surface area contributed by atoms with Gasteiger partial charge < -0.3 is 10.4 Å². The highest BCUT2D eigenvalue weighted by molar-refractivity contribution is 9.09. The summed E-state index contributed by atoms with van der Waals surface area (Å²) >= 11 is 3.36. The molecule has 2 N–H and O–H groups in total. The Morgan fingerprint density at radius 1 is 1.38 bits per heavy atom. The Kier molecular flexibility index (Phi) is 7.38. The molecule has 16 heavy (non-hydrogen) atoms. The van der Waals surface area contributed by atoms with Gasteiger partial charge in [0.2, 0.25) is 5.91 Å². The maximum absolute atomic E-state index is 11.3. The molecule has 0 aromatic heterocycles. The van der Waals surface area contributed by atoms with E-state index in [9.17, 15) is 9.59 Å². The van der Waals surface area contributed by atoms with E-state index < -0.39 is 11.9 Å². The molecule has 0 radical (unpaired) electrons. The summed E-state index contributed by atoms with van der Waals surface area (Å²) in [4.78, 5) is 22.0. The number of carbonyl (C=O) groups excluding carboxylic acids is 1. The van der Waals surface area contributed by atoms with Crippen LogP contribution in [0.1, 0.15) is 33.6 Å². The maximum Gasteiger partial charge on any atom is 0.307 e. The summed E-state index contributed by atoms with van der Waals surface area (Å²) in [7, 11) is 0.